The van der Waals surface area contributed by atoms with Crippen molar-refractivity contribution in [2.24, 2.45) is 10.1 Å². The van der Waals surface area contributed by atoms with E-state index in [9.17, 15) is 22.4 Å². The average Bonchev–Trinajstić information content (AvgIpc) is 3.02. The van der Waals surface area contributed by atoms with Gasteiger partial charge in [0.05, 0.1) is 28.6 Å². The smallest absolute Gasteiger partial charge is 0.307 e. The maximum Gasteiger partial charge on any atom is 0.307 e. The molecule has 1 heterocycles. The third-order valence-electron chi connectivity index (χ3n) is 4.04. The number of primary sulfonamides is 1. The number of methoxy groups -OCH3 is 1. The highest BCUT2D eigenvalue weighted by molar-refractivity contribution is 7.89. The molecule has 3 aromatic rings. The minimum Gasteiger partial charge on any atom is -0.469 e. The molecule has 0 radical (unpaired) electrons. The Morgan fingerprint density at radius 2 is 1.90 bits per heavy atom. The molecule has 8 nitrogen and oxygen atoms in total. The number of ether oxygens (including phenoxy) is 1. The molecule has 0 atom stereocenters. The minimum atomic E-state index is -3.91. The molecule has 0 bridgehead atoms. The first-order valence-electron chi connectivity index (χ1n) is 8.26. The van der Waals surface area contributed by atoms with Crippen molar-refractivity contribution in [3.05, 3.63) is 58.6 Å². The maximum atomic E-state index is 13.1. The summed E-state index contributed by atoms with van der Waals surface area (Å²) in [5.41, 5.74) is 0.769. The molecule has 2 aromatic carbocycles. The molecule has 0 saturated heterocycles. The Balaban J connectivity index is 2.13. The normalized spacial score (nSPS) is 12.3. The molecule has 0 fully saturated rings. The van der Waals surface area contributed by atoms with E-state index in [2.05, 4.69) is 9.73 Å². The summed E-state index contributed by atoms with van der Waals surface area (Å²) < 4.78 is 43.1. The highest BCUT2D eigenvalue weighted by Gasteiger charge is 2.14. The zero-order chi connectivity index (χ0) is 21.2. The van der Waals surface area contributed by atoms with Gasteiger partial charge in [0.25, 0.3) is 5.91 Å². The lowest BCUT2D eigenvalue weighted by Gasteiger charge is -2.05. The van der Waals surface area contributed by atoms with Crippen LogP contribution in [0.1, 0.15) is 16.8 Å². The molecule has 11 heteroatoms. The van der Waals surface area contributed by atoms with Crippen LogP contribution in [0.2, 0.25) is 0 Å². The second-order valence-electron chi connectivity index (χ2n) is 5.96. The van der Waals surface area contributed by atoms with Crippen LogP contribution in [0.5, 0.6) is 0 Å². The topological polar surface area (TPSA) is 121 Å². The molecule has 0 aliphatic heterocycles. The van der Waals surface area contributed by atoms with Crippen LogP contribution in [0.3, 0.4) is 0 Å². The number of sulfonamides is 1. The van der Waals surface area contributed by atoms with E-state index in [1.54, 1.807) is 4.57 Å². The summed E-state index contributed by atoms with van der Waals surface area (Å²) in [5, 5.41) is 5.18. The largest absolute Gasteiger partial charge is 0.469 e. The lowest BCUT2D eigenvalue weighted by molar-refractivity contribution is -0.140. The fourth-order valence-corrected chi connectivity index (χ4v) is 4.29. The molecule has 1 aromatic heterocycles. The lowest BCUT2D eigenvalue weighted by atomic mass is 10.2. The standard InChI is InChI=1S/C18H16FN3O5S2/c1-27-16(23)8-9-22-14-7-6-13(29(20,25)26)10-15(14)28-18(22)21-17(24)11-2-4-12(19)5-3-11/h2-7,10H,8-9H2,1H3,(H2,20,25,26). The Kier molecular flexibility index (Phi) is 5.91. The van der Waals surface area contributed by atoms with E-state index < -0.39 is 27.7 Å². The Morgan fingerprint density at radius 3 is 2.52 bits per heavy atom. The van der Waals surface area contributed by atoms with Crippen molar-refractivity contribution in [3.8, 4) is 0 Å². The maximum absolute atomic E-state index is 13.1. The highest BCUT2D eigenvalue weighted by Crippen LogP contribution is 2.22. The van der Waals surface area contributed by atoms with E-state index >= 15 is 0 Å². The number of hydrogen-bond acceptors (Lipinski definition) is 6. The van der Waals surface area contributed by atoms with Crippen LogP contribution in [0.15, 0.2) is 52.4 Å². The van der Waals surface area contributed by atoms with Gasteiger partial charge in [-0.2, -0.15) is 4.99 Å². The Bertz CT molecular complexity index is 1260. The fraction of sp³-hybridized carbons (Fsp3) is 0.167. The molecule has 152 valence electrons. The Hall–Kier alpha value is -2.89. The van der Waals surface area contributed by atoms with Gasteiger partial charge in [0.1, 0.15) is 5.82 Å². The van der Waals surface area contributed by atoms with Crippen LogP contribution in [0.4, 0.5) is 4.39 Å². The predicted molar refractivity (Wildman–Crippen MR) is 104 cm³/mol. The summed E-state index contributed by atoms with van der Waals surface area (Å²) in [6.45, 7) is 0.164. The summed E-state index contributed by atoms with van der Waals surface area (Å²) in [7, 11) is -2.64. The van der Waals surface area contributed by atoms with E-state index in [1.165, 1.54) is 37.4 Å². The van der Waals surface area contributed by atoms with Crippen LogP contribution in [0.25, 0.3) is 10.2 Å². The molecule has 29 heavy (non-hydrogen) atoms. The molecule has 2 N–H and O–H groups in total. The molecule has 0 aliphatic rings. The van der Waals surface area contributed by atoms with Crippen LogP contribution in [-0.2, 0) is 26.1 Å². The first-order valence-corrected chi connectivity index (χ1v) is 10.6. The quantitative estimate of drug-likeness (QED) is 0.610. The predicted octanol–water partition coefficient (Wildman–Crippen LogP) is 1.79. The highest BCUT2D eigenvalue weighted by atomic mass is 32.2. The van der Waals surface area contributed by atoms with Gasteiger partial charge in [0.15, 0.2) is 4.80 Å². The molecule has 0 saturated carbocycles. The molecule has 0 spiro atoms. The van der Waals surface area contributed by atoms with Crippen LogP contribution in [-0.4, -0.2) is 32.0 Å². The number of aromatic nitrogens is 1. The Morgan fingerprint density at radius 1 is 1.21 bits per heavy atom. The van der Waals surface area contributed by atoms with Crippen molar-refractivity contribution in [1.82, 2.24) is 4.57 Å². The third kappa shape index (κ3) is 4.75. The summed E-state index contributed by atoms with van der Waals surface area (Å²) in [6.07, 6.45) is 0.0250. The summed E-state index contributed by atoms with van der Waals surface area (Å²) in [4.78, 5) is 28.3. The SMILES string of the molecule is COC(=O)CCn1c(=NC(=O)c2ccc(F)cc2)sc2cc(S(N)(=O)=O)ccc21. The number of amides is 1. The monoisotopic (exact) mass is 437 g/mol. The zero-order valence-corrected chi connectivity index (χ0v) is 16.8. The number of hydrogen-bond donors (Lipinski definition) is 1. The van der Waals surface area contributed by atoms with Gasteiger partial charge in [-0.25, -0.2) is 17.9 Å². The third-order valence-corrected chi connectivity index (χ3v) is 5.99. The van der Waals surface area contributed by atoms with E-state index in [1.807, 2.05) is 0 Å². The van der Waals surface area contributed by atoms with Crippen molar-refractivity contribution >= 4 is 43.5 Å². The molecule has 3 rings (SSSR count). The fourth-order valence-electron chi connectivity index (χ4n) is 2.58. The van der Waals surface area contributed by atoms with Crippen molar-refractivity contribution in [1.29, 1.82) is 0 Å². The van der Waals surface area contributed by atoms with E-state index in [-0.39, 0.29) is 28.2 Å². The summed E-state index contributed by atoms with van der Waals surface area (Å²) in [5.74, 6) is -1.53. The van der Waals surface area contributed by atoms with Gasteiger partial charge in [-0.3, -0.25) is 9.59 Å². The number of nitrogens with two attached hydrogens (primary N) is 1. The number of halogens is 1. The number of benzene rings is 2. The van der Waals surface area contributed by atoms with Crippen molar-refractivity contribution in [2.75, 3.05) is 7.11 Å². The number of aryl methyl sites for hydroxylation is 1. The zero-order valence-electron chi connectivity index (χ0n) is 15.2. The van der Waals surface area contributed by atoms with E-state index in [0.717, 1.165) is 23.5 Å². The van der Waals surface area contributed by atoms with Gasteiger partial charge in [0, 0.05) is 12.1 Å². The van der Waals surface area contributed by atoms with Crippen molar-refractivity contribution < 1.29 is 27.1 Å². The number of esters is 1. The number of carbonyl (C=O) groups excluding carboxylic acids is 2. The molecule has 1 amide bonds. The molecular weight excluding hydrogens is 421 g/mol. The van der Waals surface area contributed by atoms with Gasteiger partial charge >= 0.3 is 5.97 Å². The van der Waals surface area contributed by atoms with Gasteiger partial charge in [-0.05, 0) is 42.5 Å². The molecule has 0 aliphatic carbocycles. The van der Waals surface area contributed by atoms with Gasteiger partial charge in [-0.15, -0.1) is 0 Å². The van der Waals surface area contributed by atoms with Gasteiger partial charge < -0.3 is 9.30 Å². The van der Waals surface area contributed by atoms with Crippen LogP contribution >= 0.6 is 11.3 Å². The Labute approximate surface area is 169 Å². The molecule has 0 unspecified atom stereocenters. The van der Waals surface area contributed by atoms with E-state index in [0.29, 0.717) is 10.2 Å². The average molecular weight is 437 g/mol. The first kappa shape index (κ1) is 20.8. The lowest BCUT2D eigenvalue weighted by Crippen LogP contribution is -2.19. The van der Waals surface area contributed by atoms with Crippen LogP contribution < -0.4 is 9.94 Å². The second-order valence-corrected chi connectivity index (χ2v) is 8.53. The van der Waals surface area contributed by atoms with Crippen molar-refractivity contribution in [3.63, 3.8) is 0 Å². The summed E-state index contributed by atoms with van der Waals surface area (Å²) in [6, 6.07) is 9.17. The number of carbonyl (C=O) groups is 2. The van der Waals surface area contributed by atoms with Gasteiger partial charge in [-0.1, -0.05) is 11.3 Å². The van der Waals surface area contributed by atoms with Crippen molar-refractivity contribution in [2.45, 2.75) is 17.9 Å². The first-order chi connectivity index (χ1) is 13.7. The van der Waals surface area contributed by atoms with E-state index in [4.69, 9.17) is 5.14 Å². The summed E-state index contributed by atoms with van der Waals surface area (Å²) >= 11 is 1.07. The number of thiazole rings is 1. The number of rotatable bonds is 5. The number of nitrogens with zero attached hydrogens (tertiary/aromatic N) is 2. The van der Waals surface area contributed by atoms with Crippen LogP contribution in [0, 0.1) is 5.82 Å². The minimum absolute atomic E-state index is 0.0250. The van der Waals surface area contributed by atoms with Gasteiger partial charge in [0.2, 0.25) is 10.0 Å². The molecular formula is C18H16FN3O5S2. The number of fused-ring (bicyclic) bond motifs is 1. The second kappa shape index (κ2) is 8.23.